The first-order chi connectivity index (χ1) is 13.2. The summed E-state index contributed by atoms with van der Waals surface area (Å²) in [6, 6.07) is 0. The molecule has 0 spiro atoms. The fourth-order valence-electron chi connectivity index (χ4n) is 10.2. The maximum Gasteiger partial charge on any atom is 0.136 e. The van der Waals surface area contributed by atoms with Crippen molar-refractivity contribution in [1.29, 1.82) is 0 Å². The van der Waals surface area contributed by atoms with Gasteiger partial charge in [-0.2, -0.15) is 0 Å². The fraction of sp³-hybridized carbons (Fsp3) is 0.923. The van der Waals surface area contributed by atoms with Gasteiger partial charge >= 0.3 is 0 Å². The second-order valence-electron chi connectivity index (χ2n) is 12.3. The minimum absolute atomic E-state index is 0.0141. The minimum Gasteiger partial charge on any atom is -0.303 e. The summed E-state index contributed by atoms with van der Waals surface area (Å²) in [6.07, 6.45) is 14.5. The Morgan fingerprint density at radius 2 is 1.61 bits per heavy atom. The van der Waals surface area contributed by atoms with Crippen LogP contribution in [0.25, 0.3) is 0 Å². The molecule has 2 nitrogen and oxygen atoms in total. The molecule has 0 N–H and O–H groups in total. The first-order valence-corrected chi connectivity index (χ1v) is 12.2. The molecule has 0 saturated heterocycles. The van der Waals surface area contributed by atoms with Gasteiger partial charge in [-0.25, -0.2) is 0 Å². The third-order valence-corrected chi connectivity index (χ3v) is 12.0. The molecule has 5 rings (SSSR count). The van der Waals surface area contributed by atoms with Crippen molar-refractivity contribution in [2.24, 2.45) is 51.2 Å². The van der Waals surface area contributed by atoms with Crippen LogP contribution in [0.3, 0.4) is 0 Å². The van der Waals surface area contributed by atoms with Crippen molar-refractivity contribution < 1.29 is 9.59 Å². The molecule has 156 valence electrons. The van der Waals surface area contributed by atoms with Crippen LogP contribution in [-0.4, -0.2) is 12.1 Å². The molecule has 0 radical (unpaired) electrons. The molecule has 0 aromatic rings. The summed E-state index contributed by atoms with van der Waals surface area (Å²) in [6.45, 7) is 10.0. The average molecular weight is 385 g/mol. The molecule has 5 aliphatic carbocycles. The number of rotatable bonds is 1. The second-order valence-corrected chi connectivity index (χ2v) is 12.3. The van der Waals surface area contributed by atoms with Gasteiger partial charge in [-0.15, -0.1) is 0 Å². The van der Waals surface area contributed by atoms with E-state index in [2.05, 4.69) is 27.7 Å². The lowest BCUT2D eigenvalue weighted by atomic mass is 9.33. The second kappa shape index (κ2) is 5.94. The molecule has 8 unspecified atom stereocenters. The van der Waals surface area contributed by atoms with E-state index in [4.69, 9.17) is 0 Å². The van der Waals surface area contributed by atoms with Gasteiger partial charge in [0, 0.05) is 17.8 Å². The third-order valence-electron chi connectivity index (χ3n) is 12.0. The number of ketones is 1. The Balaban J connectivity index is 1.53. The van der Waals surface area contributed by atoms with E-state index < -0.39 is 0 Å². The molecule has 0 aromatic heterocycles. The summed E-state index contributed by atoms with van der Waals surface area (Å²) in [7, 11) is 0. The molecule has 9 atom stereocenters. The molecular weight excluding hydrogens is 344 g/mol. The van der Waals surface area contributed by atoms with E-state index in [1.807, 2.05) is 0 Å². The van der Waals surface area contributed by atoms with Gasteiger partial charge in [-0.1, -0.05) is 34.1 Å². The van der Waals surface area contributed by atoms with Crippen molar-refractivity contribution in [3.63, 3.8) is 0 Å². The van der Waals surface area contributed by atoms with Gasteiger partial charge < -0.3 is 4.79 Å². The SMILES string of the molecule is CC1C(=O)CCC2(C)C1CCC1(C)C2CCC2C3CCCC3(C=O)CC[C@]21C. The van der Waals surface area contributed by atoms with Crippen molar-refractivity contribution in [2.75, 3.05) is 0 Å². The van der Waals surface area contributed by atoms with Gasteiger partial charge in [0.1, 0.15) is 12.1 Å². The highest BCUT2D eigenvalue weighted by molar-refractivity contribution is 5.82. The number of Topliss-reactive ketones (excluding diaryl/α,β-unsaturated/α-hetero) is 1. The van der Waals surface area contributed by atoms with E-state index >= 15 is 0 Å². The Hall–Kier alpha value is -0.660. The number of carbonyl (C=O) groups excluding carboxylic acids is 2. The maximum absolute atomic E-state index is 12.5. The number of carbonyl (C=O) groups is 2. The van der Waals surface area contributed by atoms with E-state index in [0.29, 0.717) is 33.9 Å². The highest BCUT2D eigenvalue weighted by Crippen LogP contribution is 2.75. The van der Waals surface area contributed by atoms with Crippen LogP contribution in [0, 0.1) is 51.2 Å². The molecule has 0 amide bonds. The van der Waals surface area contributed by atoms with Crippen LogP contribution in [-0.2, 0) is 9.59 Å². The summed E-state index contributed by atoms with van der Waals surface area (Å²) in [5, 5.41) is 0. The molecule has 28 heavy (non-hydrogen) atoms. The summed E-state index contributed by atoms with van der Waals surface area (Å²) in [5.41, 5.74) is 1.10. The molecule has 0 heterocycles. The molecule has 5 fully saturated rings. The van der Waals surface area contributed by atoms with Crippen molar-refractivity contribution in [3.8, 4) is 0 Å². The summed E-state index contributed by atoms with van der Waals surface area (Å²) < 4.78 is 0. The summed E-state index contributed by atoms with van der Waals surface area (Å²) in [4.78, 5) is 24.7. The van der Waals surface area contributed by atoms with Crippen molar-refractivity contribution >= 4 is 12.1 Å². The van der Waals surface area contributed by atoms with Crippen molar-refractivity contribution in [2.45, 2.75) is 98.3 Å². The van der Waals surface area contributed by atoms with Crippen molar-refractivity contribution in [1.82, 2.24) is 0 Å². The Morgan fingerprint density at radius 3 is 2.36 bits per heavy atom. The van der Waals surface area contributed by atoms with Gasteiger partial charge in [0.2, 0.25) is 0 Å². The number of hydrogen-bond acceptors (Lipinski definition) is 2. The number of aldehydes is 1. The fourth-order valence-corrected chi connectivity index (χ4v) is 10.2. The first kappa shape index (κ1) is 19.3. The van der Waals surface area contributed by atoms with Gasteiger partial charge in [0.05, 0.1) is 0 Å². The zero-order valence-corrected chi connectivity index (χ0v) is 18.6. The van der Waals surface area contributed by atoms with Gasteiger partial charge in [0.15, 0.2) is 0 Å². The Bertz CT molecular complexity index is 699. The van der Waals surface area contributed by atoms with E-state index in [1.54, 1.807) is 0 Å². The molecule has 0 aliphatic heterocycles. The van der Waals surface area contributed by atoms with Crippen LogP contribution in [0.5, 0.6) is 0 Å². The van der Waals surface area contributed by atoms with Gasteiger partial charge in [0.25, 0.3) is 0 Å². The van der Waals surface area contributed by atoms with Gasteiger partial charge in [-0.05, 0) is 97.7 Å². The summed E-state index contributed by atoms with van der Waals surface area (Å²) >= 11 is 0. The zero-order valence-electron chi connectivity index (χ0n) is 18.6. The zero-order chi connectivity index (χ0) is 19.9. The molecule has 0 bridgehead atoms. The third kappa shape index (κ3) is 2.11. The predicted octanol–water partition coefficient (Wildman–Crippen LogP) is 6.22. The number of fused-ring (bicyclic) bond motifs is 7. The topological polar surface area (TPSA) is 34.1 Å². The molecule has 2 heteroatoms. The van der Waals surface area contributed by atoms with Crippen LogP contribution in [0.15, 0.2) is 0 Å². The quantitative estimate of drug-likeness (QED) is 0.503. The standard InChI is InChI=1S/C26H40O2/c1-17-18-9-13-25(4)22(23(18,2)12-10-21(17)28)8-7-19-20-6-5-11-26(20,16-27)15-14-24(19,25)3/h16-20,22H,5-15H2,1-4H3/t17?,18?,19?,20?,22?,23?,24-,25?,26?/m1/s1. The average Bonchev–Trinajstić information content (AvgIpc) is 3.10. The summed E-state index contributed by atoms with van der Waals surface area (Å²) in [5.74, 6) is 3.50. The van der Waals surface area contributed by atoms with Crippen molar-refractivity contribution in [3.05, 3.63) is 0 Å². The minimum atomic E-state index is 0.0141. The predicted molar refractivity (Wildman–Crippen MR) is 112 cm³/mol. The Labute approximate surface area is 171 Å². The van der Waals surface area contributed by atoms with Crippen LogP contribution >= 0.6 is 0 Å². The van der Waals surface area contributed by atoms with Crippen LogP contribution in [0.4, 0.5) is 0 Å². The lowest BCUT2D eigenvalue weighted by Gasteiger charge is -2.71. The van der Waals surface area contributed by atoms with E-state index in [1.165, 1.54) is 51.2 Å². The van der Waals surface area contributed by atoms with Crippen LogP contribution in [0.2, 0.25) is 0 Å². The first-order valence-electron chi connectivity index (χ1n) is 12.2. The van der Waals surface area contributed by atoms with E-state index in [9.17, 15) is 9.59 Å². The lowest BCUT2D eigenvalue weighted by Crippen LogP contribution is -2.64. The Kier molecular flexibility index (Phi) is 4.10. The largest absolute Gasteiger partial charge is 0.303 e. The molecule has 5 aliphatic rings. The van der Waals surface area contributed by atoms with Crippen LogP contribution in [0.1, 0.15) is 98.3 Å². The lowest BCUT2D eigenvalue weighted by molar-refractivity contribution is -0.222. The van der Waals surface area contributed by atoms with Gasteiger partial charge in [-0.3, -0.25) is 4.79 Å². The highest BCUT2D eigenvalue weighted by Gasteiger charge is 2.68. The number of hydrogen-bond donors (Lipinski definition) is 0. The molecular formula is C26H40O2. The van der Waals surface area contributed by atoms with E-state index in [0.717, 1.165) is 37.5 Å². The Morgan fingerprint density at radius 1 is 0.821 bits per heavy atom. The molecule has 0 aromatic carbocycles. The highest BCUT2D eigenvalue weighted by atomic mass is 16.1. The van der Waals surface area contributed by atoms with E-state index in [-0.39, 0.29) is 11.3 Å². The normalized spacial score (nSPS) is 58.3. The monoisotopic (exact) mass is 384 g/mol. The molecule has 5 saturated carbocycles. The van der Waals surface area contributed by atoms with Crippen LogP contribution < -0.4 is 0 Å². The maximum atomic E-state index is 12.5. The smallest absolute Gasteiger partial charge is 0.136 e.